The standard InChI is InChI=1S/C52H57N7O6S2.C52H56N6O6S2/c1-34-29-43(47(61)54-31-37-16-18-38(19-17-37)45-36(3)55-33-67-45)57(32-34)48(62)46(51(4,5)6)56-44(60)15-14-27-64-26-12-10-11-13-28-65-41-23-20-39(21-24-41)59-50(66)58(49(63)52(59,7)8)40-22-25-42(53-9)35(2)30-40;1-34-28-45(47(60)54-31-37-14-16-38(17-15-37)46-36(3)55-33-66-46)56(32-34)48(61)43(51(4,5)6)30-41(59)24-27-63-25-12-10-11-13-26-64-42-21-18-39(19-22-42)58-50(65)57(49(62)52(58,7)8)40-20-23-44(53-9)35(2)29-40/h16-25,30,33-34,43,46H,14-15,26-29,31-32H2,1-8H3,(H,54,61)(H,56,60);14-23,29,33-34,43,45H,24-28,30-32H2,1-8H3,(H,54,60)/t34-,43+,46-;34-,43-,45+/m11/s1. The molecule has 8 aromatic rings. The van der Waals surface area contributed by atoms with Gasteiger partial charge in [-0.2, -0.15) is 0 Å². The number of ether oxygens (including phenoxy) is 4. The average Bonchev–Trinajstić information content (AvgIpc) is 1.59. The van der Waals surface area contributed by atoms with Crippen LogP contribution in [-0.4, -0.2) is 159 Å². The number of hydrogen-bond donors (Lipinski definition) is 3. The number of amides is 7. The second-order valence-corrected chi connectivity index (χ2v) is 39.1. The summed E-state index contributed by atoms with van der Waals surface area (Å²) in [4.78, 5) is 137. The van der Waals surface area contributed by atoms with Crippen molar-refractivity contribution in [3.05, 3.63) is 201 Å². The first kappa shape index (κ1) is 101. The van der Waals surface area contributed by atoms with Crippen molar-refractivity contribution in [2.45, 2.75) is 192 Å². The molecule has 690 valence electrons. The number of anilines is 4. The summed E-state index contributed by atoms with van der Waals surface area (Å²) < 4.78 is 22.8. The third kappa shape index (κ3) is 25.3. The number of thiazole rings is 2. The summed E-state index contributed by atoms with van der Waals surface area (Å²) in [6, 6.07) is 39.0. The maximum absolute atomic E-state index is 14.1. The molecule has 4 aliphatic heterocycles. The molecule has 3 N–H and O–H groups in total. The lowest BCUT2D eigenvalue weighted by Gasteiger charge is -2.35. The van der Waals surface area contributed by atoms with Crippen molar-refractivity contribution in [2.24, 2.45) is 28.6 Å². The van der Waals surface area contributed by atoms with E-state index in [1.807, 2.05) is 204 Å². The molecule has 6 aromatic carbocycles. The number of likely N-dealkylation sites (tertiary alicyclic amines) is 2. The SMILES string of the molecule is [C-]#[N+]c1ccc(N2C(=O)C(C)(C)N(c3ccc(OCC#CC#CCOCCC(=O)C[C@H](C(=O)N4C[C@H](C)C[C@H]4C(=O)NCc4ccc(-c5scnc5C)cc4)C(C)(C)C)cc3)C2=S)cc1C.[C-]#[N+]c1ccc(N2C(=O)C(C)(C)N(c3ccc(OCC#CC#CCOCCCC(=O)N[C@H](C(=O)N4C[C@H](C)C[C@H]4C(=O)NCc4ccc(-c5scnc5C)cc4)C(C)(C)C)cc3)C2=S)cc1C. The minimum atomic E-state index is -0.942. The average molecular weight is 1870 g/mol. The summed E-state index contributed by atoms with van der Waals surface area (Å²) in [5, 5.41) is 9.73. The molecular weight excluding hydrogens is 1750 g/mol. The van der Waals surface area contributed by atoms with E-state index in [1.165, 1.54) is 9.80 Å². The van der Waals surface area contributed by atoms with Gasteiger partial charge in [0.05, 0.1) is 51.9 Å². The van der Waals surface area contributed by atoms with Gasteiger partial charge in [0.25, 0.3) is 11.8 Å². The predicted octanol–water partition coefficient (Wildman–Crippen LogP) is 17.0. The van der Waals surface area contributed by atoms with Crippen molar-refractivity contribution in [1.29, 1.82) is 0 Å². The molecule has 0 bridgehead atoms. The first-order valence-corrected chi connectivity index (χ1v) is 46.7. The minimum Gasteiger partial charge on any atom is -0.481 e. The van der Waals surface area contributed by atoms with E-state index < -0.39 is 46.0 Å². The molecule has 4 saturated heterocycles. The molecule has 0 unspecified atom stereocenters. The Bertz CT molecular complexity index is 6030. The molecule has 0 radical (unpaired) electrons. The molecule has 0 spiro atoms. The molecule has 0 saturated carbocycles. The van der Waals surface area contributed by atoms with Crippen molar-refractivity contribution in [3.63, 3.8) is 0 Å². The number of benzene rings is 6. The summed E-state index contributed by atoms with van der Waals surface area (Å²) in [5.74, 6) is 21.7. The van der Waals surface area contributed by atoms with Crippen LogP contribution in [0.25, 0.3) is 30.6 Å². The predicted molar refractivity (Wildman–Crippen MR) is 529 cm³/mol. The lowest BCUT2D eigenvalue weighted by atomic mass is 9.76. The minimum absolute atomic E-state index is 0.0543. The number of ketones is 1. The number of carbonyl (C=O) groups is 8. The number of aromatic nitrogens is 2. The molecule has 133 heavy (non-hydrogen) atoms. The largest absolute Gasteiger partial charge is 0.481 e. The normalized spacial score (nSPS) is 17.0. The summed E-state index contributed by atoms with van der Waals surface area (Å²) in [7, 11) is 0. The Labute approximate surface area is 799 Å². The highest BCUT2D eigenvalue weighted by molar-refractivity contribution is 7.81. The fourth-order valence-corrected chi connectivity index (χ4v) is 18.8. The van der Waals surface area contributed by atoms with Crippen molar-refractivity contribution in [3.8, 4) is 79.7 Å². The molecule has 6 heterocycles. The van der Waals surface area contributed by atoms with Gasteiger partial charge in [-0.25, -0.2) is 19.7 Å². The molecule has 0 aliphatic carbocycles. The zero-order chi connectivity index (χ0) is 96.2. The molecule has 25 nitrogen and oxygen atoms in total. The second-order valence-electron chi connectivity index (χ2n) is 36.6. The van der Waals surface area contributed by atoms with Gasteiger partial charge in [0, 0.05) is 80.7 Å². The van der Waals surface area contributed by atoms with Crippen LogP contribution in [0, 0.1) is 117 Å². The number of rotatable bonds is 30. The van der Waals surface area contributed by atoms with Gasteiger partial charge in [-0.1, -0.05) is 128 Å². The van der Waals surface area contributed by atoms with Gasteiger partial charge in [0.1, 0.15) is 72.9 Å². The van der Waals surface area contributed by atoms with Gasteiger partial charge in [-0.15, -0.1) is 22.7 Å². The molecule has 29 heteroatoms. The maximum Gasteiger partial charge on any atom is 0.259 e. The van der Waals surface area contributed by atoms with Crippen LogP contribution in [0.2, 0.25) is 0 Å². The van der Waals surface area contributed by atoms with Gasteiger partial charge in [0.2, 0.25) is 29.5 Å². The Morgan fingerprint density at radius 3 is 1.32 bits per heavy atom. The molecule has 2 aromatic heterocycles. The number of thiocarbonyl (C=S) groups is 2. The van der Waals surface area contributed by atoms with Crippen LogP contribution in [0.4, 0.5) is 34.1 Å². The second kappa shape index (κ2) is 45.0. The Morgan fingerprint density at radius 2 is 0.932 bits per heavy atom. The number of nitrogens with one attached hydrogen (secondary N) is 3. The van der Waals surface area contributed by atoms with E-state index in [0.717, 1.165) is 65.9 Å². The summed E-state index contributed by atoms with van der Waals surface area (Å²) in [6.07, 6.45) is 1.89. The summed E-state index contributed by atoms with van der Waals surface area (Å²) in [5.41, 5.74) is 12.0. The number of carbonyl (C=O) groups excluding carboxylic acids is 8. The number of nitrogens with zero attached hydrogens (tertiary/aromatic N) is 10. The molecule has 7 amide bonds. The van der Waals surface area contributed by atoms with Gasteiger partial charge in [-0.3, -0.25) is 48.2 Å². The highest BCUT2D eigenvalue weighted by atomic mass is 32.1. The van der Waals surface area contributed by atoms with Crippen molar-refractivity contribution in [2.75, 3.05) is 72.3 Å². The van der Waals surface area contributed by atoms with E-state index in [9.17, 15) is 38.4 Å². The van der Waals surface area contributed by atoms with Crippen molar-refractivity contribution in [1.82, 2.24) is 35.7 Å². The van der Waals surface area contributed by atoms with E-state index in [1.54, 1.807) is 93.1 Å². The van der Waals surface area contributed by atoms with E-state index in [4.69, 9.17) is 56.5 Å². The van der Waals surface area contributed by atoms with Crippen LogP contribution in [0.15, 0.2) is 144 Å². The number of Topliss-reactive ketones (excluding diaryl/α,β-unsaturated/α-hetero) is 1. The van der Waals surface area contributed by atoms with Crippen LogP contribution in [0.5, 0.6) is 11.5 Å². The van der Waals surface area contributed by atoms with E-state index in [-0.39, 0.29) is 111 Å². The quantitative estimate of drug-likeness (QED) is 0.0163. The Hall–Kier alpha value is -12.9. The van der Waals surface area contributed by atoms with Crippen LogP contribution in [0.3, 0.4) is 0 Å². The zero-order valence-electron chi connectivity index (χ0n) is 78.1. The lowest BCUT2D eigenvalue weighted by Crippen LogP contribution is -2.57. The highest BCUT2D eigenvalue weighted by Gasteiger charge is 2.53. The fourth-order valence-electron chi connectivity index (χ4n) is 16.2. The van der Waals surface area contributed by atoms with E-state index >= 15 is 0 Å². The molecule has 6 atom stereocenters. The van der Waals surface area contributed by atoms with Gasteiger partial charge in [-0.05, 0) is 263 Å². The monoisotopic (exact) mass is 1860 g/mol. The van der Waals surface area contributed by atoms with Gasteiger partial charge < -0.3 is 54.5 Å². The molecular formula is C104H113N13O12S4. The first-order valence-electron chi connectivity index (χ1n) is 44.1. The summed E-state index contributed by atoms with van der Waals surface area (Å²) >= 11 is 14.8. The molecule has 4 aliphatic rings. The van der Waals surface area contributed by atoms with Gasteiger partial charge >= 0.3 is 0 Å². The maximum atomic E-state index is 14.1. The van der Waals surface area contributed by atoms with Crippen molar-refractivity contribution >= 4 is 139 Å². The molecule has 4 fully saturated rings. The Morgan fingerprint density at radius 1 is 0.534 bits per heavy atom. The van der Waals surface area contributed by atoms with Crippen LogP contribution < -0.4 is 45.0 Å². The number of hydrogen-bond acceptors (Lipinski definition) is 18. The topological polar surface area (TPSA) is 264 Å². The van der Waals surface area contributed by atoms with E-state index in [2.05, 4.69) is 83.0 Å². The van der Waals surface area contributed by atoms with Crippen molar-refractivity contribution < 1.29 is 57.3 Å². The lowest BCUT2D eigenvalue weighted by molar-refractivity contribution is -0.146. The number of aryl methyl sites for hydroxylation is 4. The smallest absolute Gasteiger partial charge is 0.259 e. The Balaban J connectivity index is 0.000000256. The zero-order valence-corrected chi connectivity index (χ0v) is 81.4. The van der Waals surface area contributed by atoms with Crippen LogP contribution in [-0.2, 0) is 60.9 Å². The molecule has 12 rings (SSSR count). The van der Waals surface area contributed by atoms with E-state index in [0.29, 0.717) is 96.5 Å². The highest BCUT2D eigenvalue weighted by Crippen LogP contribution is 2.43. The van der Waals surface area contributed by atoms with Gasteiger partial charge in [0.15, 0.2) is 21.6 Å². The Kier molecular flexibility index (Phi) is 34.0. The first-order chi connectivity index (χ1) is 63.3. The van der Waals surface area contributed by atoms with Crippen LogP contribution in [0.1, 0.15) is 155 Å². The fraction of sp³-hybridized carbons (Fsp3) is 0.404. The third-order valence-electron chi connectivity index (χ3n) is 23.6. The summed E-state index contributed by atoms with van der Waals surface area (Å²) in [6.45, 7) is 47.7. The van der Waals surface area contributed by atoms with Crippen LogP contribution >= 0.6 is 47.1 Å². The third-order valence-corrected chi connectivity index (χ3v) is 26.2.